The van der Waals surface area contributed by atoms with Crippen molar-refractivity contribution < 1.29 is 42.8 Å². The Morgan fingerprint density at radius 1 is 0.829 bits per heavy atom. The summed E-state index contributed by atoms with van der Waals surface area (Å²) in [5.41, 5.74) is 1.44. The Labute approximate surface area is 242 Å². The molecule has 0 fully saturated rings. The molecular weight excluding hydrogens is 528 g/mol. The molecule has 0 N–H and O–H groups in total. The van der Waals surface area contributed by atoms with Crippen LogP contribution in [0.2, 0.25) is 0 Å². The third kappa shape index (κ3) is 13.2. The molecule has 9 nitrogen and oxygen atoms in total. The van der Waals surface area contributed by atoms with Gasteiger partial charge in [0, 0.05) is 18.3 Å². The number of rotatable bonds is 19. The molecule has 0 radical (unpaired) electrons. The van der Waals surface area contributed by atoms with Crippen LogP contribution in [0.25, 0.3) is 6.08 Å². The summed E-state index contributed by atoms with van der Waals surface area (Å²) in [6, 6.07) is 11.7. The molecule has 2 aromatic rings. The van der Waals surface area contributed by atoms with Crippen LogP contribution in [0.3, 0.4) is 0 Å². The number of hydrogen-bond acceptors (Lipinski definition) is 9. The third-order valence-electron chi connectivity index (χ3n) is 5.60. The van der Waals surface area contributed by atoms with Gasteiger partial charge in [0.15, 0.2) is 11.5 Å². The minimum atomic E-state index is -0.542. The first-order chi connectivity index (χ1) is 19.8. The summed E-state index contributed by atoms with van der Waals surface area (Å²) >= 11 is 0. The summed E-state index contributed by atoms with van der Waals surface area (Å²) in [5, 5.41) is 0. The van der Waals surface area contributed by atoms with E-state index >= 15 is 0 Å². The highest BCUT2D eigenvalue weighted by molar-refractivity contribution is 5.91. The maximum absolute atomic E-state index is 12.7. The summed E-state index contributed by atoms with van der Waals surface area (Å²) in [7, 11) is 1.47. The molecule has 2 rings (SSSR count). The highest BCUT2D eigenvalue weighted by Crippen LogP contribution is 2.29. The van der Waals surface area contributed by atoms with Crippen molar-refractivity contribution in [1.82, 2.24) is 0 Å². The smallest absolute Gasteiger partial charge is 0.343 e. The number of carbonyl (C=O) groups excluding carboxylic acids is 3. The predicted octanol–water partition coefficient (Wildman–Crippen LogP) is 5.96. The molecule has 222 valence electrons. The Balaban J connectivity index is 1.76. The molecule has 2 aromatic carbocycles. The van der Waals surface area contributed by atoms with E-state index in [1.807, 2.05) is 6.92 Å². The van der Waals surface area contributed by atoms with Gasteiger partial charge in [-0.15, -0.1) is 0 Å². The van der Waals surface area contributed by atoms with E-state index in [9.17, 15) is 14.4 Å². The summed E-state index contributed by atoms with van der Waals surface area (Å²) in [4.78, 5) is 35.9. The minimum absolute atomic E-state index is 0.187. The molecule has 0 amide bonds. The van der Waals surface area contributed by atoms with E-state index in [0.29, 0.717) is 54.6 Å². The first-order valence-corrected chi connectivity index (χ1v) is 13.7. The van der Waals surface area contributed by atoms with Crippen molar-refractivity contribution in [3.05, 3.63) is 71.8 Å². The Bertz CT molecular complexity index is 1150. The van der Waals surface area contributed by atoms with Crippen molar-refractivity contribution in [3.8, 4) is 17.2 Å². The van der Waals surface area contributed by atoms with Crippen LogP contribution in [0.15, 0.2) is 60.7 Å². The number of methoxy groups -OCH3 is 1. The maximum atomic E-state index is 12.7. The highest BCUT2D eigenvalue weighted by Gasteiger charge is 2.13. The van der Waals surface area contributed by atoms with E-state index in [1.54, 1.807) is 55.5 Å². The molecule has 41 heavy (non-hydrogen) atoms. The number of benzene rings is 2. The summed E-state index contributed by atoms with van der Waals surface area (Å²) < 4.78 is 32.1. The van der Waals surface area contributed by atoms with Gasteiger partial charge in [-0.1, -0.05) is 19.6 Å². The second-order valence-corrected chi connectivity index (χ2v) is 9.12. The summed E-state index contributed by atoms with van der Waals surface area (Å²) in [6.07, 6.45) is 7.34. The van der Waals surface area contributed by atoms with Crippen molar-refractivity contribution in [2.75, 3.05) is 40.1 Å². The monoisotopic (exact) mass is 568 g/mol. The van der Waals surface area contributed by atoms with Crippen LogP contribution >= 0.6 is 0 Å². The van der Waals surface area contributed by atoms with Crippen LogP contribution in [0.1, 0.15) is 61.9 Å². The average Bonchev–Trinajstić information content (AvgIpc) is 2.97. The normalized spacial score (nSPS) is 10.7. The first kappa shape index (κ1) is 33.1. The zero-order valence-electron chi connectivity index (χ0n) is 24.1. The second-order valence-electron chi connectivity index (χ2n) is 9.12. The van der Waals surface area contributed by atoms with Gasteiger partial charge < -0.3 is 28.4 Å². The summed E-state index contributed by atoms with van der Waals surface area (Å²) in [5.74, 6) is -0.135. The van der Waals surface area contributed by atoms with E-state index in [-0.39, 0.29) is 18.3 Å². The van der Waals surface area contributed by atoms with E-state index in [0.717, 1.165) is 32.1 Å². The van der Waals surface area contributed by atoms with Gasteiger partial charge in [0.05, 0.1) is 32.5 Å². The fraction of sp³-hybridized carbons (Fsp3) is 0.406. The topological polar surface area (TPSA) is 107 Å². The molecule has 0 saturated heterocycles. The van der Waals surface area contributed by atoms with Crippen LogP contribution in [-0.4, -0.2) is 58.1 Å². The maximum Gasteiger partial charge on any atom is 0.343 e. The Kier molecular flexibility index (Phi) is 15.4. The molecule has 0 unspecified atom stereocenters. The van der Waals surface area contributed by atoms with Crippen molar-refractivity contribution in [2.24, 2.45) is 0 Å². The summed E-state index contributed by atoms with van der Waals surface area (Å²) in [6.45, 7) is 9.29. The lowest BCUT2D eigenvalue weighted by atomic mass is 10.2. The molecule has 0 aliphatic rings. The number of esters is 3. The van der Waals surface area contributed by atoms with Crippen molar-refractivity contribution in [2.45, 2.75) is 46.0 Å². The predicted molar refractivity (Wildman–Crippen MR) is 155 cm³/mol. The third-order valence-corrected chi connectivity index (χ3v) is 5.60. The van der Waals surface area contributed by atoms with E-state index < -0.39 is 11.9 Å². The van der Waals surface area contributed by atoms with Crippen LogP contribution in [0.4, 0.5) is 0 Å². The molecule has 0 bridgehead atoms. The lowest BCUT2D eigenvalue weighted by Crippen LogP contribution is -2.09. The molecule has 0 aliphatic carbocycles. The second kappa shape index (κ2) is 19.0. The molecule has 0 atom stereocenters. The SMILES string of the molecule is C=C(C)C(=O)OCCCCCCOc1ccc(C(=O)Oc2ccc(/C=C/C(=O)OCCOCCC)cc2OC)cc1. The average molecular weight is 569 g/mol. The molecule has 0 aromatic heterocycles. The van der Waals surface area contributed by atoms with Crippen LogP contribution < -0.4 is 14.2 Å². The van der Waals surface area contributed by atoms with E-state index in [1.165, 1.54) is 13.2 Å². The quantitative estimate of drug-likeness (QED) is 0.0879. The van der Waals surface area contributed by atoms with Crippen molar-refractivity contribution in [1.29, 1.82) is 0 Å². The lowest BCUT2D eigenvalue weighted by molar-refractivity contribution is -0.140. The molecule has 0 spiro atoms. The van der Waals surface area contributed by atoms with Gasteiger partial charge in [-0.05, 0) is 87.1 Å². The fourth-order valence-corrected chi connectivity index (χ4v) is 3.41. The highest BCUT2D eigenvalue weighted by atomic mass is 16.6. The first-order valence-electron chi connectivity index (χ1n) is 13.7. The van der Waals surface area contributed by atoms with Crippen LogP contribution in [0, 0.1) is 0 Å². The molecule has 0 saturated carbocycles. The van der Waals surface area contributed by atoms with Crippen LogP contribution in [-0.2, 0) is 23.8 Å². The largest absolute Gasteiger partial charge is 0.494 e. The Hall–Kier alpha value is -4.11. The minimum Gasteiger partial charge on any atom is -0.494 e. The number of ether oxygens (including phenoxy) is 6. The van der Waals surface area contributed by atoms with Crippen molar-refractivity contribution >= 4 is 24.0 Å². The lowest BCUT2D eigenvalue weighted by Gasteiger charge is -2.11. The van der Waals surface area contributed by atoms with Gasteiger partial charge in [-0.25, -0.2) is 14.4 Å². The van der Waals surface area contributed by atoms with Gasteiger partial charge in [-0.3, -0.25) is 0 Å². The molecule has 9 heteroatoms. The number of carbonyl (C=O) groups is 3. The van der Waals surface area contributed by atoms with Gasteiger partial charge in [-0.2, -0.15) is 0 Å². The fourth-order valence-electron chi connectivity index (χ4n) is 3.41. The Morgan fingerprint density at radius 3 is 2.24 bits per heavy atom. The van der Waals surface area contributed by atoms with E-state index in [2.05, 4.69) is 6.58 Å². The van der Waals surface area contributed by atoms with Gasteiger partial charge in [0.1, 0.15) is 12.4 Å². The van der Waals surface area contributed by atoms with Gasteiger partial charge >= 0.3 is 17.9 Å². The van der Waals surface area contributed by atoms with Gasteiger partial charge in [0.2, 0.25) is 0 Å². The standard InChI is InChI=1S/C32H40O9/c1-5-18-37-21-22-39-30(33)17-11-25-10-16-28(29(23-25)36-4)41-32(35)26-12-14-27(15-13-26)38-19-8-6-7-9-20-40-31(34)24(2)3/h10-17,23H,2,5-9,18-22H2,1,3-4H3/b17-11+. The molecule has 0 heterocycles. The zero-order valence-corrected chi connectivity index (χ0v) is 24.1. The van der Waals surface area contributed by atoms with Crippen LogP contribution in [0.5, 0.6) is 17.2 Å². The number of hydrogen-bond donors (Lipinski definition) is 0. The van der Waals surface area contributed by atoms with E-state index in [4.69, 9.17) is 28.4 Å². The Morgan fingerprint density at radius 2 is 1.56 bits per heavy atom. The van der Waals surface area contributed by atoms with Gasteiger partial charge in [0.25, 0.3) is 0 Å². The molecule has 0 aliphatic heterocycles. The molecular formula is C32H40O9. The number of unbranched alkanes of at least 4 members (excludes halogenated alkanes) is 3. The zero-order chi connectivity index (χ0) is 29.9. The van der Waals surface area contributed by atoms with Crippen molar-refractivity contribution in [3.63, 3.8) is 0 Å².